The SMILES string of the molecule is CCC(N)C(c1sccc1C)N(CC)CC(=O)NC(C)C. The van der Waals surface area contributed by atoms with Crippen molar-refractivity contribution in [2.75, 3.05) is 13.1 Å². The van der Waals surface area contributed by atoms with Gasteiger partial charge in [-0.05, 0) is 50.7 Å². The van der Waals surface area contributed by atoms with Crippen molar-refractivity contribution < 1.29 is 4.79 Å². The zero-order valence-corrected chi connectivity index (χ0v) is 14.7. The van der Waals surface area contributed by atoms with Gasteiger partial charge in [0.2, 0.25) is 5.91 Å². The van der Waals surface area contributed by atoms with Crippen LogP contribution in [0.4, 0.5) is 0 Å². The average Bonchev–Trinajstić information content (AvgIpc) is 2.83. The van der Waals surface area contributed by atoms with Crippen LogP contribution >= 0.6 is 11.3 Å². The Balaban J connectivity index is 2.94. The molecule has 0 aliphatic carbocycles. The Morgan fingerprint density at radius 2 is 2.10 bits per heavy atom. The smallest absolute Gasteiger partial charge is 0.234 e. The first-order valence-corrected chi connectivity index (χ1v) is 8.61. The molecule has 4 nitrogen and oxygen atoms in total. The molecule has 0 bridgehead atoms. The van der Waals surface area contributed by atoms with Gasteiger partial charge in [-0.15, -0.1) is 11.3 Å². The minimum Gasteiger partial charge on any atom is -0.353 e. The van der Waals surface area contributed by atoms with Gasteiger partial charge in [0.1, 0.15) is 0 Å². The fourth-order valence-corrected chi connectivity index (χ4v) is 3.64. The molecule has 1 heterocycles. The van der Waals surface area contributed by atoms with Crippen molar-refractivity contribution in [3.8, 4) is 0 Å². The van der Waals surface area contributed by atoms with Gasteiger partial charge in [0.05, 0.1) is 12.6 Å². The van der Waals surface area contributed by atoms with E-state index in [1.807, 2.05) is 13.8 Å². The first kappa shape index (κ1) is 18.1. The van der Waals surface area contributed by atoms with Crippen LogP contribution in [0.3, 0.4) is 0 Å². The maximum atomic E-state index is 12.1. The summed E-state index contributed by atoms with van der Waals surface area (Å²) < 4.78 is 0. The topological polar surface area (TPSA) is 58.4 Å². The van der Waals surface area contributed by atoms with E-state index < -0.39 is 0 Å². The lowest BCUT2D eigenvalue weighted by Crippen LogP contribution is -2.46. The van der Waals surface area contributed by atoms with Crippen LogP contribution in [-0.2, 0) is 4.79 Å². The van der Waals surface area contributed by atoms with Crippen molar-refractivity contribution >= 4 is 17.2 Å². The lowest BCUT2D eigenvalue weighted by molar-refractivity contribution is -0.123. The number of thiophene rings is 1. The number of carbonyl (C=O) groups is 1. The van der Waals surface area contributed by atoms with Gasteiger partial charge in [-0.25, -0.2) is 0 Å². The van der Waals surface area contributed by atoms with Gasteiger partial charge in [0, 0.05) is 17.0 Å². The number of hydrogen-bond acceptors (Lipinski definition) is 4. The van der Waals surface area contributed by atoms with Gasteiger partial charge in [-0.3, -0.25) is 9.69 Å². The van der Waals surface area contributed by atoms with E-state index in [9.17, 15) is 4.79 Å². The Morgan fingerprint density at radius 1 is 1.43 bits per heavy atom. The minimum absolute atomic E-state index is 0.0362. The second-order valence-corrected chi connectivity index (χ2v) is 6.72. The molecule has 1 rings (SSSR count). The minimum atomic E-state index is 0.0362. The first-order chi connectivity index (χ1) is 9.90. The molecular formula is C16H29N3OS. The predicted molar refractivity (Wildman–Crippen MR) is 90.6 cm³/mol. The summed E-state index contributed by atoms with van der Waals surface area (Å²) in [5.74, 6) is 0.0642. The number of hydrogen-bond donors (Lipinski definition) is 2. The molecule has 0 spiro atoms. The molecule has 0 saturated heterocycles. The molecule has 1 amide bonds. The summed E-state index contributed by atoms with van der Waals surface area (Å²) in [6, 6.07) is 2.43. The van der Waals surface area contributed by atoms with Crippen LogP contribution in [0.2, 0.25) is 0 Å². The highest BCUT2D eigenvalue weighted by molar-refractivity contribution is 7.10. The summed E-state index contributed by atoms with van der Waals surface area (Å²) >= 11 is 1.73. The number of amides is 1. The molecule has 0 saturated carbocycles. The zero-order chi connectivity index (χ0) is 16.0. The second kappa shape index (κ2) is 8.51. The number of likely N-dealkylation sites (N-methyl/N-ethyl adjacent to an activating group) is 1. The monoisotopic (exact) mass is 311 g/mol. The van der Waals surface area contributed by atoms with Crippen molar-refractivity contribution in [2.24, 2.45) is 5.73 Å². The number of carbonyl (C=O) groups excluding carboxylic acids is 1. The standard InChI is InChI=1S/C16H29N3OS/c1-6-13(17)15(16-12(5)8-9-21-16)19(7-2)10-14(20)18-11(3)4/h8-9,11,13,15H,6-7,10,17H2,1-5H3,(H,18,20). The van der Waals surface area contributed by atoms with Crippen molar-refractivity contribution in [3.63, 3.8) is 0 Å². The molecule has 2 unspecified atom stereocenters. The highest BCUT2D eigenvalue weighted by atomic mass is 32.1. The highest BCUT2D eigenvalue weighted by Crippen LogP contribution is 2.31. The van der Waals surface area contributed by atoms with Crippen LogP contribution < -0.4 is 11.1 Å². The normalized spacial score (nSPS) is 14.5. The number of nitrogens with two attached hydrogens (primary N) is 1. The van der Waals surface area contributed by atoms with Gasteiger partial charge >= 0.3 is 0 Å². The Bertz CT molecular complexity index is 444. The summed E-state index contributed by atoms with van der Waals surface area (Å²) in [5, 5.41) is 5.06. The summed E-state index contributed by atoms with van der Waals surface area (Å²) in [6.07, 6.45) is 0.893. The van der Waals surface area contributed by atoms with E-state index in [1.54, 1.807) is 11.3 Å². The van der Waals surface area contributed by atoms with Gasteiger partial charge in [0.15, 0.2) is 0 Å². The predicted octanol–water partition coefficient (Wildman–Crippen LogP) is 2.68. The van der Waals surface area contributed by atoms with E-state index in [2.05, 4.69) is 42.4 Å². The van der Waals surface area contributed by atoms with Crippen LogP contribution in [0.5, 0.6) is 0 Å². The van der Waals surface area contributed by atoms with Gasteiger partial charge in [-0.2, -0.15) is 0 Å². The third-order valence-electron chi connectivity index (χ3n) is 3.64. The van der Waals surface area contributed by atoms with Crippen LogP contribution in [0.25, 0.3) is 0 Å². The summed E-state index contributed by atoms with van der Waals surface area (Å²) in [4.78, 5) is 15.6. The molecule has 3 N–H and O–H groups in total. The maximum Gasteiger partial charge on any atom is 0.234 e. The number of nitrogens with one attached hydrogen (secondary N) is 1. The Kier molecular flexibility index (Phi) is 7.35. The molecule has 5 heteroatoms. The molecule has 2 atom stereocenters. The molecule has 0 aliphatic heterocycles. The van der Waals surface area contributed by atoms with E-state index >= 15 is 0 Å². The largest absolute Gasteiger partial charge is 0.353 e. The van der Waals surface area contributed by atoms with Crippen LogP contribution in [0.1, 0.15) is 50.6 Å². The average molecular weight is 311 g/mol. The van der Waals surface area contributed by atoms with E-state index in [-0.39, 0.29) is 24.0 Å². The van der Waals surface area contributed by atoms with Crippen molar-refractivity contribution in [1.82, 2.24) is 10.2 Å². The summed E-state index contributed by atoms with van der Waals surface area (Å²) in [5.41, 5.74) is 7.62. The third kappa shape index (κ3) is 5.09. The molecule has 0 aromatic carbocycles. The second-order valence-electron chi connectivity index (χ2n) is 5.77. The molecule has 0 aliphatic rings. The first-order valence-electron chi connectivity index (χ1n) is 7.73. The Morgan fingerprint density at radius 3 is 2.52 bits per heavy atom. The molecular weight excluding hydrogens is 282 g/mol. The fourth-order valence-electron chi connectivity index (χ4n) is 2.50. The molecule has 1 aromatic heterocycles. The van der Waals surface area contributed by atoms with E-state index in [4.69, 9.17) is 5.73 Å². The Hall–Kier alpha value is -0.910. The number of nitrogens with zero attached hydrogens (tertiary/aromatic N) is 1. The van der Waals surface area contributed by atoms with Crippen LogP contribution in [-0.4, -0.2) is 36.0 Å². The van der Waals surface area contributed by atoms with Gasteiger partial charge < -0.3 is 11.1 Å². The third-order valence-corrected chi connectivity index (χ3v) is 4.73. The van der Waals surface area contributed by atoms with Crippen LogP contribution in [0.15, 0.2) is 11.4 Å². The summed E-state index contributed by atoms with van der Waals surface area (Å²) in [6.45, 7) is 11.5. The van der Waals surface area contributed by atoms with Crippen molar-refractivity contribution in [3.05, 3.63) is 21.9 Å². The van der Waals surface area contributed by atoms with Crippen molar-refractivity contribution in [1.29, 1.82) is 0 Å². The number of rotatable bonds is 8. The Labute approximate surface area is 132 Å². The zero-order valence-electron chi connectivity index (χ0n) is 13.8. The fraction of sp³-hybridized carbons (Fsp3) is 0.688. The molecule has 120 valence electrons. The molecule has 0 radical (unpaired) electrons. The lowest BCUT2D eigenvalue weighted by Gasteiger charge is -2.34. The number of aryl methyl sites for hydroxylation is 1. The summed E-state index contributed by atoms with van der Waals surface area (Å²) in [7, 11) is 0. The van der Waals surface area contributed by atoms with Gasteiger partial charge in [0.25, 0.3) is 0 Å². The van der Waals surface area contributed by atoms with E-state index in [0.717, 1.165) is 13.0 Å². The lowest BCUT2D eigenvalue weighted by atomic mass is 10.0. The van der Waals surface area contributed by atoms with E-state index in [0.29, 0.717) is 6.54 Å². The van der Waals surface area contributed by atoms with E-state index in [1.165, 1.54) is 10.4 Å². The van der Waals surface area contributed by atoms with Gasteiger partial charge in [-0.1, -0.05) is 13.8 Å². The molecule has 21 heavy (non-hydrogen) atoms. The highest BCUT2D eigenvalue weighted by Gasteiger charge is 2.28. The maximum absolute atomic E-state index is 12.1. The van der Waals surface area contributed by atoms with Crippen molar-refractivity contribution in [2.45, 2.75) is 59.2 Å². The molecule has 0 fully saturated rings. The quantitative estimate of drug-likeness (QED) is 0.776. The molecule has 1 aromatic rings. The van der Waals surface area contributed by atoms with Crippen LogP contribution in [0, 0.1) is 6.92 Å².